The fourth-order valence-electron chi connectivity index (χ4n) is 2.33. The number of urea groups is 1. The normalized spacial score (nSPS) is 19.8. The largest absolute Gasteiger partial charge is 0.481 e. The van der Waals surface area contributed by atoms with Gasteiger partial charge in [0.15, 0.2) is 6.04 Å². The van der Waals surface area contributed by atoms with E-state index in [1.165, 1.54) is 16.9 Å². The van der Waals surface area contributed by atoms with Gasteiger partial charge >= 0.3 is 18.0 Å². The highest BCUT2D eigenvalue weighted by Gasteiger charge is 2.36. The summed E-state index contributed by atoms with van der Waals surface area (Å²) < 4.78 is 9.90. The van der Waals surface area contributed by atoms with Crippen molar-refractivity contribution in [1.82, 2.24) is 9.80 Å². The summed E-state index contributed by atoms with van der Waals surface area (Å²) in [6, 6.07) is -1.62. The van der Waals surface area contributed by atoms with Crippen molar-refractivity contribution < 1.29 is 29.0 Å². The van der Waals surface area contributed by atoms with Crippen molar-refractivity contribution in [3.05, 3.63) is 0 Å². The molecule has 0 spiro atoms. The minimum absolute atomic E-state index is 0.0866. The Bertz CT molecular complexity index is 400. The van der Waals surface area contributed by atoms with Gasteiger partial charge < -0.3 is 24.4 Å². The number of hydrogen-bond acceptors (Lipinski definition) is 5. The molecule has 1 saturated heterocycles. The van der Waals surface area contributed by atoms with Crippen molar-refractivity contribution in [2.45, 2.75) is 32.4 Å². The van der Waals surface area contributed by atoms with Crippen LogP contribution in [0.2, 0.25) is 0 Å². The van der Waals surface area contributed by atoms with Crippen LogP contribution < -0.4 is 0 Å². The molecule has 0 aliphatic carbocycles. The van der Waals surface area contributed by atoms with E-state index < -0.39 is 24.0 Å². The third-order valence-corrected chi connectivity index (χ3v) is 3.44. The van der Waals surface area contributed by atoms with Gasteiger partial charge in [0.05, 0.1) is 26.7 Å². The fraction of sp³-hybridized carbons (Fsp3) is 0.769. The number of rotatable bonds is 5. The maximum absolute atomic E-state index is 12.6. The second-order valence-electron chi connectivity index (χ2n) is 4.82. The maximum atomic E-state index is 12.6. The van der Waals surface area contributed by atoms with E-state index in [9.17, 15) is 14.4 Å². The van der Waals surface area contributed by atoms with E-state index in [1.807, 2.05) is 0 Å². The second kappa shape index (κ2) is 7.82. The lowest BCUT2D eigenvalue weighted by atomic mass is 10.2. The Labute approximate surface area is 123 Å². The number of hydrogen-bond donors (Lipinski definition) is 1. The summed E-state index contributed by atoms with van der Waals surface area (Å²) in [5.41, 5.74) is 0. The van der Waals surface area contributed by atoms with Crippen LogP contribution in [0.1, 0.15) is 20.3 Å². The Morgan fingerprint density at radius 2 is 2.14 bits per heavy atom. The zero-order valence-corrected chi connectivity index (χ0v) is 12.6. The van der Waals surface area contributed by atoms with E-state index in [1.54, 1.807) is 13.8 Å². The molecule has 1 aliphatic heterocycles. The van der Waals surface area contributed by atoms with Crippen LogP contribution in [0.25, 0.3) is 0 Å². The highest BCUT2D eigenvalue weighted by atomic mass is 16.5. The molecular weight excluding hydrogens is 280 g/mol. The Kier molecular flexibility index (Phi) is 6.41. The zero-order valence-electron chi connectivity index (χ0n) is 12.6. The monoisotopic (exact) mass is 302 g/mol. The molecule has 1 heterocycles. The first kappa shape index (κ1) is 17.2. The lowest BCUT2D eigenvalue weighted by Crippen LogP contribution is -2.58. The van der Waals surface area contributed by atoms with Gasteiger partial charge in [0, 0.05) is 19.1 Å². The van der Waals surface area contributed by atoms with Crippen LogP contribution in [0, 0.1) is 0 Å². The zero-order chi connectivity index (χ0) is 16.0. The third-order valence-electron chi connectivity index (χ3n) is 3.44. The molecule has 21 heavy (non-hydrogen) atoms. The average molecular weight is 302 g/mol. The highest BCUT2D eigenvalue weighted by Crippen LogP contribution is 2.15. The summed E-state index contributed by atoms with van der Waals surface area (Å²) in [7, 11) is 1.25. The number of carbonyl (C=O) groups excluding carboxylic acids is 2. The van der Waals surface area contributed by atoms with Gasteiger partial charge in [0.2, 0.25) is 0 Å². The molecule has 2 amide bonds. The number of amides is 2. The lowest BCUT2D eigenvalue weighted by molar-refractivity contribution is -0.151. The molecule has 0 radical (unpaired) electrons. The third kappa shape index (κ3) is 4.32. The SMILES string of the molecule is CCN(C(=O)N1CCOCC1C(=O)OC)C(C)CC(=O)O. The number of nitrogens with zero attached hydrogens (tertiary/aromatic N) is 2. The predicted octanol–water partition coefficient (Wildman–Crippen LogP) is 0.165. The molecule has 120 valence electrons. The molecule has 0 bridgehead atoms. The summed E-state index contributed by atoms with van der Waals surface area (Å²) in [6.45, 7) is 4.49. The van der Waals surface area contributed by atoms with Gasteiger partial charge in [0.25, 0.3) is 0 Å². The Morgan fingerprint density at radius 3 is 2.67 bits per heavy atom. The summed E-state index contributed by atoms with van der Waals surface area (Å²) in [5.74, 6) is -1.51. The number of carboxylic acid groups (broad SMARTS) is 1. The maximum Gasteiger partial charge on any atom is 0.331 e. The molecule has 1 rings (SSSR count). The smallest absolute Gasteiger partial charge is 0.331 e. The van der Waals surface area contributed by atoms with Gasteiger partial charge in [-0.3, -0.25) is 4.79 Å². The van der Waals surface area contributed by atoms with Crippen LogP contribution in [0.5, 0.6) is 0 Å². The number of carboxylic acids is 1. The minimum Gasteiger partial charge on any atom is -0.481 e. The van der Waals surface area contributed by atoms with Gasteiger partial charge in [-0.2, -0.15) is 0 Å². The number of methoxy groups -OCH3 is 1. The van der Waals surface area contributed by atoms with Crippen molar-refractivity contribution >= 4 is 18.0 Å². The summed E-state index contributed by atoms with van der Waals surface area (Å²) in [5, 5.41) is 8.85. The van der Waals surface area contributed by atoms with Crippen molar-refractivity contribution in [3.8, 4) is 0 Å². The van der Waals surface area contributed by atoms with Crippen LogP contribution >= 0.6 is 0 Å². The molecule has 0 saturated carbocycles. The molecule has 8 nitrogen and oxygen atoms in total. The van der Waals surface area contributed by atoms with Crippen LogP contribution in [0.4, 0.5) is 4.79 Å². The van der Waals surface area contributed by atoms with E-state index in [-0.39, 0.29) is 25.6 Å². The van der Waals surface area contributed by atoms with Crippen molar-refractivity contribution in [1.29, 1.82) is 0 Å². The molecule has 2 atom stereocenters. The topological polar surface area (TPSA) is 96.4 Å². The van der Waals surface area contributed by atoms with Crippen molar-refractivity contribution in [3.63, 3.8) is 0 Å². The Balaban J connectivity index is 2.85. The minimum atomic E-state index is -0.972. The molecule has 1 N–H and O–H groups in total. The van der Waals surface area contributed by atoms with Gasteiger partial charge in [-0.25, -0.2) is 9.59 Å². The standard InChI is InChI=1S/C13H22N2O6/c1-4-14(9(2)7-11(16)17)13(19)15-5-6-21-8-10(15)12(18)20-3/h9-10H,4-8H2,1-3H3,(H,16,17). The van der Waals surface area contributed by atoms with Crippen molar-refractivity contribution in [2.24, 2.45) is 0 Å². The molecule has 0 aromatic rings. The van der Waals surface area contributed by atoms with Crippen molar-refractivity contribution in [2.75, 3.05) is 33.4 Å². The molecule has 1 fully saturated rings. The molecule has 0 aromatic carbocycles. The summed E-state index contributed by atoms with van der Waals surface area (Å²) in [4.78, 5) is 37.9. The Hall–Kier alpha value is -1.83. The molecule has 2 unspecified atom stereocenters. The number of morpholine rings is 1. The van der Waals surface area contributed by atoms with Crippen LogP contribution in [0.15, 0.2) is 0 Å². The van der Waals surface area contributed by atoms with Gasteiger partial charge in [-0.15, -0.1) is 0 Å². The number of aliphatic carboxylic acids is 1. The number of carbonyl (C=O) groups is 3. The van der Waals surface area contributed by atoms with Gasteiger partial charge in [0.1, 0.15) is 0 Å². The fourth-order valence-corrected chi connectivity index (χ4v) is 2.33. The van der Waals surface area contributed by atoms with E-state index in [4.69, 9.17) is 9.84 Å². The van der Waals surface area contributed by atoms with E-state index in [0.717, 1.165) is 0 Å². The molecule has 0 aromatic heterocycles. The van der Waals surface area contributed by atoms with Crippen LogP contribution in [-0.2, 0) is 19.1 Å². The highest BCUT2D eigenvalue weighted by molar-refractivity contribution is 5.84. The number of ether oxygens (including phenoxy) is 2. The first-order valence-electron chi connectivity index (χ1n) is 6.86. The van der Waals surface area contributed by atoms with E-state index >= 15 is 0 Å². The lowest BCUT2D eigenvalue weighted by Gasteiger charge is -2.38. The van der Waals surface area contributed by atoms with Gasteiger partial charge in [-0.05, 0) is 13.8 Å². The van der Waals surface area contributed by atoms with Crippen LogP contribution in [0.3, 0.4) is 0 Å². The quantitative estimate of drug-likeness (QED) is 0.727. The summed E-state index contributed by atoms with van der Waals surface area (Å²) in [6.07, 6.45) is -0.146. The predicted molar refractivity (Wildman–Crippen MR) is 72.8 cm³/mol. The average Bonchev–Trinajstić information content (AvgIpc) is 2.46. The first-order valence-corrected chi connectivity index (χ1v) is 6.86. The summed E-state index contributed by atoms with van der Waals surface area (Å²) >= 11 is 0. The Morgan fingerprint density at radius 1 is 1.48 bits per heavy atom. The van der Waals surface area contributed by atoms with E-state index in [2.05, 4.69) is 4.74 Å². The van der Waals surface area contributed by atoms with E-state index in [0.29, 0.717) is 13.2 Å². The molecule has 1 aliphatic rings. The first-order chi connectivity index (χ1) is 9.92. The van der Waals surface area contributed by atoms with Crippen LogP contribution in [-0.4, -0.2) is 78.4 Å². The molecular formula is C13H22N2O6. The molecule has 8 heteroatoms. The number of esters is 1. The van der Waals surface area contributed by atoms with Gasteiger partial charge in [-0.1, -0.05) is 0 Å². The second-order valence-corrected chi connectivity index (χ2v) is 4.82.